The molecule has 5 heteroatoms. The van der Waals surface area contributed by atoms with Gasteiger partial charge in [-0.05, 0) is 29.8 Å². The Bertz CT molecular complexity index is 726. The first kappa shape index (κ1) is 18.6. The summed E-state index contributed by atoms with van der Waals surface area (Å²) >= 11 is 0. The molecular formula is C19H26N2O2S. The van der Waals surface area contributed by atoms with Gasteiger partial charge in [-0.15, -0.1) is 0 Å². The third-order valence-electron chi connectivity index (χ3n) is 4.09. The van der Waals surface area contributed by atoms with Gasteiger partial charge in [0.05, 0.1) is 5.75 Å². The zero-order valence-electron chi connectivity index (χ0n) is 14.4. The monoisotopic (exact) mass is 346 g/mol. The number of benzene rings is 2. The van der Waals surface area contributed by atoms with Gasteiger partial charge in [-0.3, -0.25) is 4.90 Å². The number of nitrogens with one attached hydrogen (secondary N) is 1. The molecule has 0 aromatic heterocycles. The van der Waals surface area contributed by atoms with E-state index in [0.717, 1.165) is 30.8 Å². The van der Waals surface area contributed by atoms with Crippen molar-refractivity contribution in [3.63, 3.8) is 0 Å². The lowest BCUT2D eigenvalue weighted by molar-refractivity contribution is 0.295. The van der Waals surface area contributed by atoms with E-state index in [1.807, 2.05) is 48.5 Å². The van der Waals surface area contributed by atoms with E-state index in [4.69, 9.17) is 0 Å². The predicted molar refractivity (Wildman–Crippen MR) is 99.0 cm³/mol. The summed E-state index contributed by atoms with van der Waals surface area (Å²) in [7, 11) is -3.35. The number of hydrogen-bond donors (Lipinski definition) is 1. The second-order valence-corrected chi connectivity index (χ2v) is 7.60. The van der Waals surface area contributed by atoms with Crippen LogP contribution in [-0.4, -0.2) is 26.4 Å². The van der Waals surface area contributed by atoms with Crippen molar-refractivity contribution >= 4 is 10.0 Å². The Kier molecular flexibility index (Phi) is 6.97. The van der Waals surface area contributed by atoms with Gasteiger partial charge in [0.15, 0.2) is 0 Å². The van der Waals surface area contributed by atoms with E-state index in [2.05, 4.69) is 29.5 Å². The van der Waals surface area contributed by atoms with Gasteiger partial charge < -0.3 is 0 Å². The van der Waals surface area contributed by atoms with Crippen molar-refractivity contribution in [2.45, 2.75) is 32.7 Å². The van der Waals surface area contributed by atoms with Crippen LogP contribution in [0.15, 0.2) is 54.6 Å². The van der Waals surface area contributed by atoms with Crippen molar-refractivity contribution in [1.29, 1.82) is 0 Å². The molecule has 0 aliphatic heterocycles. The summed E-state index contributed by atoms with van der Waals surface area (Å²) in [5, 5.41) is 0. The zero-order valence-corrected chi connectivity index (χ0v) is 15.2. The number of nitrogens with zero attached hydrogens (tertiary/aromatic N) is 1. The molecule has 0 saturated carbocycles. The second-order valence-electron chi connectivity index (χ2n) is 5.80. The summed E-state index contributed by atoms with van der Waals surface area (Å²) in [4.78, 5) is 2.32. The number of rotatable bonds is 9. The van der Waals surface area contributed by atoms with Gasteiger partial charge in [-0.1, -0.05) is 68.4 Å². The van der Waals surface area contributed by atoms with Gasteiger partial charge in [0.1, 0.15) is 0 Å². The number of hydrogen-bond acceptors (Lipinski definition) is 3. The van der Waals surface area contributed by atoms with E-state index in [9.17, 15) is 8.42 Å². The lowest BCUT2D eigenvalue weighted by Crippen LogP contribution is -2.27. The predicted octanol–water partition coefficient (Wildman–Crippen LogP) is 3.15. The van der Waals surface area contributed by atoms with Crippen LogP contribution < -0.4 is 4.72 Å². The molecule has 0 aliphatic carbocycles. The largest absolute Gasteiger partial charge is 0.300 e. The Labute approximate surface area is 145 Å². The van der Waals surface area contributed by atoms with E-state index in [0.29, 0.717) is 6.54 Å². The summed E-state index contributed by atoms with van der Waals surface area (Å²) in [6.07, 6.45) is 0. The minimum Gasteiger partial charge on any atom is -0.300 e. The van der Waals surface area contributed by atoms with Crippen LogP contribution in [0.25, 0.3) is 0 Å². The molecule has 0 unspecified atom stereocenters. The molecule has 0 radical (unpaired) electrons. The summed E-state index contributed by atoms with van der Waals surface area (Å²) in [6, 6.07) is 17.2. The van der Waals surface area contributed by atoms with Crippen molar-refractivity contribution in [1.82, 2.24) is 9.62 Å². The molecule has 0 amide bonds. The fourth-order valence-corrected chi connectivity index (χ4v) is 3.71. The molecule has 0 fully saturated rings. The highest BCUT2D eigenvalue weighted by molar-refractivity contribution is 7.88. The van der Waals surface area contributed by atoms with Crippen molar-refractivity contribution in [3.8, 4) is 0 Å². The smallest absolute Gasteiger partial charge is 0.216 e. The fraction of sp³-hybridized carbons (Fsp3) is 0.368. The molecule has 0 spiro atoms. The molecular weight excluding hydrogens is 320 g/mol. The van der Waals surface area contributed by atoms with Crippen LogP contribution in [0.2, 0.25) is 0 Å². The molecule has 4 nitrogen and oxygen atoms in total. The zero-order chi connectivity index (χ0) is 17.4. The van der Waals surface area contributed by atoms with Crippen LogP contribution in [0, 0.1) is 0 Å². The minimum absolute atomic E-state index is 0.00600. The summed E-state index contributed by atoms with van der Waals surface area (Å²) in [6.45, 7) is 7.38. The maximum absolute atomic E-state index is 12.3. The first-order valence-electron chi connectivity index (χ1n) is 8.34. The van der Waals surface area contributed by atoms with Gasteiger partial charge in [0.2, 0.25) is 10.0 Å². The molecule has 0 saturated heterocycles. The average molecular weight is 346 g/mol. The van der Waals surface area contributed by atoms with E-state index < -0.39 is 10.0 Å². The highest BCUT2D eigenvalue weighted by atomic mass is 32.2. The second kappa shape index (κ2) is 8.97. The maximum atomic E-state index is 12.3. The average Bonchev–Trinajstić information content (AvgIpc) is 2.59. The molecule has 130 valence electrons. The van der Waals surface area contributed by atoms with Gasteiger partial charge in [0.25, 0.3) is 0 Å². The fourth-order valence-electron chi connectivity index (χ4n) is 2.60. The van der Waals surface area contributed by atoms with Crippen LogP contribution in [0.4, 0.5) is 0 Å². The van der Waals surface area contributed by atoms with E-state index in [1.165, 1.54) is 5.56 Å². The Morgan fingerprint density at radius 2 is 1.46 bits per heavy atom. The van der Waals surface area contributed by atoms with Crippen LogP contribution in [0.1, 0.15) is 30.5 Å². The van der Waals surface area contributed by atoms with E-state index >= 15 is 0 Å². The minimum atomic E-state index is -3.35. The lowest BCUT2D eigenvalue weighted by atomic mass is 10.1. The third-order valence-corrected chi connectivity index (χ3v) is 5.39. The SMILES string of the molecule is CCN(CC)Cc1ccccc1CNS(=O)(=O)Cc1ccccc1. The first-order chi connectivity index (χ1) is 11.5. The quantitative estimate of drug-likeness (QED) is 0.759. The van der Waals surface area contributed by atoms with Crippen LogP contribution >= 0.6 is 0 Å². The summed E-state index contributed by atoms with van der Waals surface area (Å²) < 4.78 is 27.3. The molecule has 0 heterocycles. The Balaban J connectivity index is 2.03. The highest BCUT2D eigenvalue weighted by Gasteiger charge is 2.13. The molecule has 0 bridgehead atoms. The van der Waals surface area contributed by atoms with E-state index in [1.54, 1.807) is 0 Å². The topological polar surface area (TPSA) is 49.4 Å². The molecule has 2 rings (SSSR count). The molecule has 24 heavy (non-hydrogen) atoms. The van der Waals surface area contributed by atoms with Crippen LogP contribution in [0.3, 0.4) is 0 Å². The molecule has 0 atom stereocenters. The summed E-state index contributed by atoms with van der Waals surface area (Å²) in [5.41, 5.74) is 2.99. The van der Waals surface area contributed by atoms with Crippen molar-refractivity contribution in [2.24, 2.45) is 0 Å². The molecule has 0 aliphatic rings. The van der Waals surface area contributed by atoms with Crippen LogP contribution in [-0.2, 0) is 28.9 Å². The van der Waals surface area contributed by atoms with Gasteiger partial charge in [0, 0.05) is 13.1 Å². The third kappa shape index (κ3) is 5.74. The van der Waals surface area contributed by atoms with Crippen molar-refractivity contribution in [3.05, 3.63) is 71.3 Å². The first-order valence-corrected chi connectivity index (χ1v) is 9.99. The molecule has 1 N–H and O–H groups in total. The van der Waals surface area contributed by atoms with Crippen LogP contribution in [0.5, 0.6) is 0 Å². The molecule has 2 aromatic carbocycles. The Morgan fingerprint density at radius 3 is 2.08 bits per heavy atom. The standard InChI is InChI=1S/C19H26N2O2S/c1-3-21(4-2)15-19-13-9-8-12-18(19)14-20-24(22,23)16-17-10-6-5-7-11-17/h5-13,20H,3-4,14-16H2,1-2H3. The molecule has 2 aromatic rings. The van der Waals surface area contributed by atoms with E-state index in [-0.39, 0.29) is 5.75 Å². The Morgan fingerprint density at radius 1 is 0.875 bits per heavy atom. The summed E-state index contributed by atoms with van der Waals surface area (Å²) in [5.74, 6) is 0.00600. The number of sulfonamides is 1. The Hall–Kier alpha value is -1.69. The maximum Gasteiger partial charge on any atom is 0.216 e. The van der Waals surface area contributed by atoms with Gasteiger partial charge in [-0.25, -0.2) is 13.1 Å². The lowest BCUT2D eigenvalue weighted by Gasteiger charge is -2.20. The van der Waals surface area contributed by atoms with Gasteiger partial charge >= 0.3 is 0 Å². The van der Waals surface area contributed by atoms with Gasteiger partial charge in [-0.2, -0.15) is 0 Å². The van der Waals surface area contributed by atoms with Crippen molar-refractivity contribution < 1.29 is 8.42 Å². The normalized spacial score (nSPS) is 11.8. The van der Waals surface area contributed by atoms with Crippen molar-refractivity contribution in [2.75, 3.05) is 13.1 Å². The highest BCUT2D eigenvalue weighted by Crippen LogP contribution is 2.13.